The first-order valence-electron chi connectivity index (χ1n) is 11.2. The van der Waals surface area contributed by atoms with Crippen LogP contribution >= 0.6 is 24.0 Å². The Morgan fingerprint density at radius 2 is 1.48 bits per heavy atom. The van der Waals surface area contributed by atoms with Gasteiger partial charge in [-0.3, -0.25) is 14.8 Å². The molecule has 0 spiro atoms. The van der Waals surface area contributed by atoms with Crippen LogP contribution in [0.1, 0.15) is 34.6 Å². The van der Waals surface area contributed by atoms with E-state index in [1.165, 1.54) is 0 Å². The molecule has 2 N–H and O–H groups in total. The van der Waals surface area contributed by atoms with E-state index in [0.717, 1.165) is 71.5 Å². The molecule has 2 saturated heterocycles. The summed E-state index contributed by atoms with van der Waals surface area (Å²) < 4.78 is 11.9. The van der Waals surface area contributed by atoms with Gasteiger partial charge >= 0.3 is 0 Å². The number of morpholine rings is 2. The molecule has 2 atom stereocenters. The van der Waals surface area contributed by atoms with Gasteiger partial charge in [-0.1, -0.05) is 27.7 Å². The number of rotatable bonds is 9. The first-order chi connectivity index (χ1) is 13.5. The molecular weight excluding hydrogens is 481 g/mol. The molecule has 2 aliphatic rings. The lowest BCUT2D eigenvalue weighted by molar-refractivity contribution is -0.0287. The Kier molecular flexibility index (Phi) is 13.7. The van der Waals surface area contributed by atoms with E-state index in [9.17, 15) is 0 Å². The lowest BCUT2D eigenvalue weighted by Gasteiger charge is -2.34. The Bertz CT molecular complexity index is 464. The van der Waals surface area contributed by atoms with Crippen molar-refractivity contribution >= 4 is 29.9 Å². The maximum absolute atomic E-state index is 5.95. The van der Waals surface area contributed by atoms with Gasteiger partial charge in [-0.05, 0) is 18.8 Å². The van der Waals surface area contributed by atoms with Crippen molar-refractivity contribution in [1.29, 1.82) is 0 Å². The Labute approximate surface area is 195 Å². The van der Waals surface area contributed by atoms with Gasteiger partial charge in [-0.15, -0.1) is 24.0 Å². The van der Waals surface area contributed by atoms with E-state index in [1.807, 2.05) is 0 Å². The van der Waals surface area contributed by atoms with Gasteiger partial charge in [0.15, 0.2) is 5.96 Å². The van der Waals surface area contributed by atoms with Crippen LogP contribution in [0.25, 0.3) is 0 Å². The van der Waals surface area contributed by atoms with Crippen molar-refractivity contribution in [2.45, 2.75) is 46.8 Å². The number of aliphatic imine (C=N–C) groups is 1. The SMILES string of the molecule is CCNC(=NCC1CN(CC(C)C)CCO1)NCC1CN(CC(C)C)CCO1.I. The fourth-order valence-corrected chi connectivity index (χ4v) is 3.90. The van der Waals surface area contributed by atoms with Crippen LogP contribution in [0, 0.1) is 11.8 Å². The quantitative estimate of drug-likeness (QED) is 0.273. The summed E-state index contributed by atoms with van der Waals surface area (Å²) in [4.78, 5) is 9.77. The van der Waals surface area contributed by atoms with Gasteiger partial charge in [0, 0.05) is 52.4 Å². The van der Waals surface area contributed by atoms with E-state index in [-0.39, 0.29) is 36.2 Å². The van der Waals surface area contributed by atoms with E-state index in [1.54, 1.807) is 0 Å². The highest BCUT2D eigenvalue weighted by atomic mass is 127. The summed E-state index contributed by atoms with van der Waals surface area (Å²) in [6.07, 6.45) is 0.388. The minimum absolute atomic E-state index is 0. The third kappa shape index (κ3) is 11.1. The molecule has 0 aliphatic carbocycles. The fourth-order valence-electron chi connectivity index (χ4n) is 3.90. The summed E-state index contributed by atoms with van der Waals surface area (Å²) in [6, 6.07) is 0. The minimum atomic E-state index is 0. The van der Waals surface area contributed by atoms with Crippen LogP contribution in [-0.4, -0.2) is 100 Å². The zero-order chi connectivity index (χ0) is 20.4. The highest BCUT2D eigenvalue weighted by molar-refractivity contribution is 14.0. The number of ether oxygens (including phenoxy) is 2. The van der Waals surface area contributed by atoms with Crippen LogP contribution in [0.4, 0.5) is 0 Å². The van der Waals surface area contributed by atoms with Crippen molar-refractivity contribution in [2.24, 2.45) is 16.8 Å². The third-order valence-electron chi connectivity index (χ3n) is 4.99. The van der Waals surface area contributed by atoms with E-state index >= 15 is 0 Å². The molecule has 2 fully saturated rings. The van der Waals surface area contributed by atoms with Gasteiger partial charge in [-0.25, -0.2) is 0 Å². The summed E-state index contributed by atoms with van der Waals surface area (Å²) >= 11 is 0. The predicted molar refractivity (Wildman–Crippen MR) is 131 cm³/mol. The van der Waals surface area contributed by atoms with Crippen molar-refractivity contribution in [3.63, 3.8) is 0 Å². The van der Waals surface area contributed by atoms with Gasteiger partial charge in [0.05, 0.1) is 32.0 Å². The normalized spacial score (nSPS) is 24.6. The topological polar surface area (TPSA) is 61.4 Å². The first kappa shape index (κ1) is 26.9. The van der Waals surface area contributed by atoms with Crippen molar-refractivity contribution in [3.8, 4) is 0 Å². The Morgan fingerprint density at radius 1 is 0.931 bits per heavy atom. The Morgan fingerprint density at radius 3 is 2.03 bits per heavy atom. The molecule has 0 bridgehead atoms. The Hall–Kier alpha value is -0.160. The van der Waals surface area contributed by atoms with Crippen LogP contribution in [0.5, 0.6) is 0 Å². The average Bonchev–Trinajstić information content (AvgIpc) is 2.63. The maximum Gasteiger partial charge on any atom is 0.191 e. The molecule has 2 aliphatic heterocycles. The number of hydrogen-bond donors (Lipinski definition) is 2. The molecule has 0 saturated carbocycles. The molecule has 0 aromatic carbocycles. The number of guanidine groups is 1. The second-order valence-electron chi connectivity index (χ2n) is 8.89. The maximum atomic E-state index is 5.95. The summed E-state index contributed by atoms with van der Waals surface area (Å²) in [5.74, 6) is 2.24. The van der Waals surface area contributed by atoms with Crippen LogP contribution in [0.3, 0.4) is 0 Å². The molecule has 0 amide bonds. The minimum Gasteiger partial charge on any atom is -0.374 e. The number of hydrogen-bond acceptors (Lipinski definition) is 5. The summed E-state index contributed by atoms with van der Waals surface area (Å²) in [5, 5.41) is 6.81. The molecule has 2 unspecified atom stereocenters. The molecule has 8 heteroatoms. The second kappa shape index (κ2) is 14.8. The zero-order valence-corrected chi connectivity index (χ0v) is 21.5. The molecular formula is C21H44IN5O2. The van der Waals surface area contributed by atoms with Crippen LogP contribution in [0.2, 0.25) is 0 Å². The second-order valence-corrected chi connectivity index (χ2v) is 8.89. The number of nitrogens with one attached hydrogen (secondary N) is 2. The van der Waals surface area contributed by atoms with E-state index < -0.39 is 0 Å². The summed E-state index contributed by atoms with van der Waals surface area (Å²) in [6.45, 7) is 21.4. The summed E-state index contributed by atoms with van der Waals surface area (Å²) in [5.41, 5.74) is 0. The van der Waals surface area contributed by atoms with Crippen LogP contribution in [-0.2, 0) is 9.47 Å². The molecule has 0 aromatic rings. The van der Waals surface area contributed by atoms with Gasteiger partial charge in [0.2, 0.25) is 0 Å². The monoisotopic (exact) mass is 525 g/mol. The van der Waals surface area contributed by atoms with E-state index in [2.05, 4.69) is 55.1 Å². The van der Waals surface area contributed by atoms with Crippen molar-refractivity contribution in [3.05, 3.63) is 0 Å². The van der Waals surface area contributed by atoms with Gasteiger partial charge in [-0.2, -0.15) is 0 Å². The lowest BCUT2D eigenvalue weighted by Crippen LogP contribution is -2.50. The number of halogens is 1. The summed E-state index contributed by atoms with van der Waals surface area (Å²) in [7, 11) is 0. The molecule has 2 heterocycles. The van der Waals surface area contributed by atoms with Crippen molar-refractivity contribution < 1.29 is 9.47 Å². The third-order valence-corrected chi connectivity index (χ3v) is 4.99. The number of nitrogens with zero attached hydrogens (tertiary/aromatic N) is 3. The van der Waals surface area contributed by atoms with Gasteiger partial charge in [0.25, 0.3) is 0 Å². The zero-order valence-electron chi connectivity index (χ0n) is 19.2. The largest absolute Gasteiger partial charge is 0.374 e. The first-order valence-corrected chi connectivity index (χ1v) is 11.2. The molecule has 0 aromatic heterocycles. The van der Waals surface area contributed by atoms with Gasteiger partial charge in [0.1, 0.15) is 0 Å². The molecule has 7 nitrogen and oxygen atoms in total. The smallest absolute Gasteiger partial charge is 0.191 e. The standard InChI is InChI=1S/C21H43N5O2.HI/c1-6-22-21(23-11-19-15-25(7-9-27-19)13-17(2)3)24-12-20-16-26(8-10-28-20)14-18(4)5;/h17-20H,6-16H2,1-5H3,(H2,22,23,24);1H. The fraction of sp³-hybridized carbons (Fsp3) is 0.952. The lowest BCUT2D eigenvalue weighted by atomic mass is 10.2. The highest BCUT2D eigenvalue weighted by Gasteiger charge is 2.22. The van der Waals surface area contributed by atoms with E-state index in [0.29, 0.717) is 18.4 Å². The average molecular weight is 526 g/mol. The highest BCUT2D eigenvalue weighted by Crippen LogP contribution is 2.09. The van der Waals surface area contributed by atoms with Crippen LogP contribution < -0.4 is 10.6 Å². The van der Waals surface area contributed by atoms with Crippen molar-refractivity contribution in [2.75, 3.05) is 72.1 Å². The molecule has 29 heavy (non-hydrogen) atoms. The predicted octanol–water partition coefficient (Wildman–Crippen LogP) is 1.87. The van der Waals surface area contributed by atoms with Crippen molar-refractivity contribution in [1.82, 2.24) is 20.4 Å². The van der Waals surface area contributed by atoms with Gasteiger partial charge < -0.3 is 20.1 Å². The molecule has 172 valence electrons. The Balaban J connectivity index is 0.00000420. The molecule has 2 rings (SSSR count). The van der Waals surface area contributed by atoms with E-state index in [4.69, 9.17) is 14.5 Å². The molecule has 0 radical (unpaired) electrons. The van der Waals surface area contributed by atoms with Crippen LogP contribution in [0.15, 0.2) is 4.99 Å².